The highest BCUT2D eigenvalue weighted by Gasteiger charge is 2.53. The van der Waals surface area contributed by atoms with Crippen molar-refractivity contribution in [1.82, 2.24) is 10.2 Å². The molecule has 3 saturated heterocycles. The molecule has 3 heterocycles. The second-order valence-corrected chi connectivity index (χ2v) is 9.30. The summed E-state index contributed by atoms with van der Waals surface area (Å²) in [6.45, 7) is 4.70. The Morgan fingerprint density at radius 1 is 1.26 bits per heavy atom. The summed E-state index contributed by atoms with van der Waals surface area (Å²) < 4.78 is 0. The summed E-state index contributed by atoms with van der Waals surface area (Å²) in [4.78, 5) is 41.3. The van der Waals surface area contributed by atoms with Crippen LogP contribution in [0.2, 0.25) is 0 Å². The lowest BCUT2D eigenvalue weighted by molar-refractivity contribution is -0.139. The number of carbonyl (C=O) groups excluding carboxylic acids is 3. The summed E-state index contributed by atoms with van der Waals surface area (Å²) in [6.07, 6.45) is 2.75. The molecule has 1 aromatic carbocycles. The Bertz CT molecular complexity index is 781. The zero-order valence-electron chi connectivity index (χ0n) is 15.7. The first-order chi connectivity index (χ1) is 12.9. The maximum absolute atomic E-state index is 12.9. The molecule has 3 amide bonds. The van der Waals surface area contributed by atoms with Crippen LogP contribution in [0.25, 0.3) is 0 Å². The predicted molar refractivity (Wildman–Crippen MR) is 105 cm³/mol. The molecular formula is C20H25N3O3S. The Morgan fingerprint density at radius 2 is 2.00 bits per heavy atom. The monoisotopic (exact) mass is 387 g/mol. The van der Waals surface area contributed by atoms with Crippen LogP contribution in [0.15, 0.2) is 24.3 Å². The van der Waals surface area contributed by atoms with Gasteiger partial charge in [0.05, 0.1) is 4.87 Å². The molecule has 7 heteroatoms. The van der Waals surface area contributed by atoms with Crippen LogP contribution in [0.1, 0.15) is 38.2 Å². The number of piperidine rings is 1. The highest BCUT2D eigenvalue weighted by molar-refractivity contribution is 8.01. The third-order valence-electron chi connectivity index (χ3n) is 5.85. The molecular weight excluding hydrogens is 362 g/mol. The summed E-state index contributed by atoms with van der Waals surface area (Å²) in [5.74, 6) is 0.362. The van der Waals surface area contributed by atoms with Gasteiger partial charge in [-0.25, -0.2) is 0 Å². The van der Waals surface area contributed by atoms with Crippen molar-refractivity contribution in [3.05, 3.63) is 29.8 Å². The van der Waals surface area contributed by atoms with Gasteiger partial charge >= 0.3 is 0 Å². The minimum Gasteiger partial charge on any atom is -0.342 e. The minimum absolute atomic E-state index is 0.0407. The zero-order chi connectivity index (χ0) is 19.2. The van der Waals surface area contributed by atoms with E-state index in [0.29, 0.717) is 25.1 Å². The van der Waals surface area contributed by atoms with Gasteiger partial charge in [0.2, 0.25) is 17.7 Å². The lowest BCUT2D eigenvalue weighted by Crippen LogP contribution is -2.57. The minimum atomic E-state index is -0.526. The van der Waals surface area contributed by atoms with Crippen molar-refractivity contribution in [2.75, 3.05) is 17.2 Å². The Balaban J connectivity index is 1.46. The number of aryl methyl sites for hydroxylation is 1. The average molecular weight is 388 g/mol. The quantitative estimate of drug-likeness (QED) is 0.862. The Labute approximate surface area is 163 Å². The van der Waals surface area contributed by atoms with Gasteiger partial charge in [-0.3, -0.25) is 14.4 Å². The second-order valence-electron chi connectivity index (χ2n) is 7.79. The highest BCUT2D eigenvalue weighted by Crippen LogP contribution is 2.47. The summed E-state index contributed by atoms with van der Waals surface area (Å²) in [7, 11) is 0. The van der Waals surface area contributed by atoms with Crippen LogP contribution < -0.4 is 10.2 Å². The van der Waals surface area contributed by atoms with E-state index in [1.54, 1.807) is 21.6 Å². The molecule has 1 aromatic rings. The largest absolute Gasteiger partial charge is 0.342 e. The zero-order valence-corrected chi connectivity index (χ0v) is 16.6. The molecule has 3 aliphatic heterocycles. The maximum Gasteiger partial charge on any atom is 0.249 e. The maximum atomic E-state index is 12.9. The highest BCUT2D eigenvalue weighted by atomic mass is 32.2. The van der Waals surface area contributed by atoms with Gasteiger partial charge in [-0.05, 0) is 45.2 Å². The number of thioether (sulfide) groups is 1. The summed E-state index contributed by atoms with van der Waals surface area (Å²) in [5.41, 5.74) is 2.01. The lowest BCUT2D eigenvalue weighted by Gasteiger charge is -2.34. The van der Waals surface area contributed by atoms with Crippen molar-refractivity contribution in [2.24, 2.45) is 0 Å². The summed E-state index contributed by atoms with van der Waals surface area (Å²) >= 11 is 1.67. The van der Waals surface area contributed by atoms with Gasteiger partial charge in [0.15, 0.2) is 0 Å². The predicted octanol–water partition coefficient (Wildman–Crippen LogP) is 2.06. The third kappa shape index (κ3) is 3.22. The van der Waals surface area contributed by atoms with Crippen molar-refractivity contribution in [3.8, 4) is 0 Å². The van der Waals surface area contributed by atoms with Crippen molar-refractivity contribution in [1.29, 1.82) is 0 Å². The number of nitrogens with zero attached hydrogens (tertiary/aromatic N) is 2. The molecule has 4 rings (SSSR count). The van der Waals surface area contributed by atoms with Crippen molar-refractivity contribution < 1.29 is 14.4 Å². The normalized spacial score (nSPS) is 30.6. The van der Waals surface area contributed by atoms with Crippen LogP contribution in [0, 0.1) is 6.92 Å². The molecule has 0 aliphatic carbocycles. The first kappa shape index (κ1) is 18.3. The molecule has 3 atom stereocenters. The smallest absolute Gasteiger partial charge is 0.249 e. The van der Waals surface area contributed by atoms with E-state index in [0.717, 1.165) is 24.1 Å². The van der Waals surface area contributed by atoms with Crippen molar-refractivity contribution in [3.63, 3.8) is 0 Å². The SMILES string of the molecule is Cc1ccc(N2CCC[C@H](NC(=O)[C@H]3CS[C@@]4(C)CCC(=O)N34)C2=O)cc1. The molecule has 0 unspecified atom stereocenters. The number of amides is 3. The summed E-state index contributed by atoms with van der Waals surface area (Å²) in [6, 6.07) is 6.86. The Kier molecular flexibility index (Phi) is 4.66. The number of hydrogen-bond acceptors (Lipinski definition) is 4. The van der Waals surface area contributed by atoms with Gasteiger partial charge in [-0.2, -0.15) is 0 Å². The van der Waals surface area contributed by atoms with Gasteiger partial charge in [0.1, 0.15) is 12.1 Å². The fourth-order valence-electron chi connectivity index (χ4n) is 4.27. The standard InChI is InChI=1S/C20H25N3O3S/c1-13-5-7-14(8-6-13)22-11-3-4-15(19(22)26)21-18(25)16-12-27-20(2)10-9-17(24)23(16)20/h5-8,15-16H,3-4,9-12H2,1-2H3,(H,21,25)/t15-,16+,20-/m0/s1. The van der Waals surface area contributed by atoms with E-state index in [-0.39, 0.29) is 22.6 Å². The van der Waals surface area contributed by atoms with Gasteiger partial charge in [-0.1, -0.05) is 17.7 Å². The number of rotatable bonds is 3. The molecule has 0 radical (unpaired) electrons. The Morgan fingerprint density at radius 3 is 2.74 bits per heavy atom. The first-order valence-electron chi connectivity index (χ1n) is 9.54. The molecule has 0 aromatic heterocycles. The van der Waals surface area contributed by atoms with Gasteiger partial charge in [0.25, 0.3) is 0 Å². The number of nitrogens with one attached hydrogen (secondary N) is 1. The number of carbonyl (C=O) groups is 3. The van der Waals surface area contributed by atoms with Crippen molar-refractivity contribution in [2.45, 2.75) is 56.5 Å². The molecule has 0 bridgehead atoms. The van der Waals surface area contributed by atoms with Crippen LogP contribution in [0.4, 0.5) is 5.69 Å². The fourth-order valence-corrected chi connectivity index (χ4v) is 5.70. The number of hydrogen-bond donors (Lipinski definition) is 1. The fraction of sp³-hybridized carbons (Fsp3) is 0.550. The molecule has 0 saturated carbocycles. The van der Waals surface area contributed by atoms with E-state index < -0.39 is 12.1 Å². The van der Waals surface area contributed by atoms with E-state index in [1.807, 2.05) is 38.1 Å². The van der Waals surface area contributed by atoms with E-state index in [9.17, 15) is 14.4 Å². The van der Waals surface area contributed by atoms with E-state index >= 15 is 0 Å². The van der Waals surface area contributed by atoms with E-state index in [4.69, 9.17) is 0 Å². The molecule has 3 fully saturated rings. The lowest BCUT2D eigenvalue weighted by atomic mass is 10.0. The molecule has 0 spiro atoms. The van der Waals surface area contributed by atoms with E-state index in [1.165, 1.54) is 0 Å². The number of anilines is 1. The number of fused-ring (bicyclic) bond motifs is 1. The van der Waals surface area contributed by atoms with Crippen LogP contribution in [-0.4, -0.2) is 51.9 Å². The van der Waals surface area contributed by atoms with Crippen LogP contribution in [-0.2, 0) is 14.4 Å². The average Bonchev–Trinajstić information content (AvgIpc) is 3.14. The Hall–Kier alpha value is -2.02. The van der Waals surface area contributed by atoms with Crippen LogP contribution in [0.5, 0.6) is 0 Å². The van der Waals surface area contributed by atoms with Crippen LogP contribution >= 0.6 is 11.8 Å². The first-order valence-corrected chi connectivity index (χ1v) is 10.5. The second kappa shape index (κ2) is 6.86. The number of benzene rings is 1. The topological polar surface area (TPSA) is 69.7 Å². The van der Waals surface area contributed by atoms with E-state index in [2.05, 4.69) is 5.32 Å². The van der Waals surface area contributed by atoms with Crippen molar-refractivity contribution >= 4 is 35.2 Å². The van der Waals surface area contributed by atoms with Gasteiger partial charge in [-0.15, -0.1) is 11.8 Å². The molecule has 144 valence electrons. The molecule has 1 N–H and O–H groups in total. The molecule has 6 nitrogen and oxygen atoms in total. The van der Waals surface area contributed by atoms with Gasteiger partial charge < -0.3 is 15.1 Å². The third-order valence-corrected chi connectivity index (χ3v) is 7.35. The van der Waals surface area contributed by atoms with Gasteiger partial charge in [0, 0.05) is 24.4 Å². The van der Waals surface area contributed by atoms with Crippen LogP contribution in [0.3, 0.4) is 0 Å². The molecule has 27 heavy (non-hydrogen) atoms. The molecule has 3 aliphatic rings. The summed E-state index contributed by atoms with van der Waals surface area (Å²) in [5, 5.41) is 2.93.